The first kappa shape index (κ1) is 16.9. The number of aryl methyl sites for hydroxylation is 1. The van der Waals surface area contributed by atoms with Crippen LogP contribution in [0.2, 0.25) is 0 Å². The van der Waals surface area contributed by atoms with E-state index in [0.29, 0.717) is 12.5 Å². The average Bonchev–Trinajstić information content (AvgIpc) is 2.54. The van der Waals surface area contributed by atoms with Crippen LogP contribution in [0.5, 0.6) is 5.75 Å². The second kappa shape index (κ2) is 7.70. The van der Waals surface area contributed by atoms with Gasteiger partial charge in [0, 0.05) is 0 Å². The standard InChI is InChI=1S/C22H24O/c1-6-10-17(4)21-14-22(20(16(2)3)13-18(21)5)23-15-19-11-8-7-9-12-19/h1,7-14,16H,15H2,2-5H3/b17-10-. The predicted molar refractivity (Wildman–Crippen MR) is 98.5 cm³/mol. The Balaban J connectivity index is 2.37. The molecule has 0 atom stereocenters. The van der Waals surface area contributed by atoms with Crippen molar-refractivity contribution < 1.29 is 4.74 Å². The summed E-state index contributed by atoms with van der Waals surface area (Å²) in [5.74, 6) is 3.95. The second-order valence-corrected chi connectivity index (χ2v) is 6.13. The lowest BCUT2D eigenvalue weighted by molar-refractivity contribution is 0.301. The number of hydrogen-bond acceptors (Lipinski definition) is 1. The molecule has 2 rings (SSSR count). The number of allylic oxidation sites excluding steroid dienone is 2. The van der Waals surface area contributed by atoms with E-state index in [0.717, 1.165) is 16.9 Å². The molecule has 0 radical (unpaired) electrons. The molecule has 0 fully saturated rings. The Morgan fingerprint density at radius 3 is 2.52 bits per heavy atom. The molecule has 0 saturated heterocycles. The summed E-state index contributed by atoms with van der Waals surface area (Å²) in [6, 6.07) is 14.6. The topological polar surface area (TPSA) is 9.23 Å². The van der Waals surface area contributed by atoms with Gasteiger partial charge in [0.15, 0.2) is 0 Å². The first-order valence-corrected chi connectivity index (χ1v) is 7.97. The molecule has 23 heavy (non-hydrogen) atoms. The van der Waals surface area contributed by atoms with E-state index in [1.54, 1.807) is 6.08 Å². The van der Waals surface area contributed by atoms with Crippen molar-refractivity contribution in [2.75, 3.05) is 0 Å². The summed E-state index contributed by atoms with van der Waals surface area (Å²) in [6.07, 6.45) is 7.21. The lowest BCUT2D eigenvalue weighted by Crippen LogP contribution is -2.02. The minimum Gasteiger partial charge on any atom is -0.489 e. The van der Waals surface area contributed by atoms with E-state index in [1.807, 2.05) is 25.1 Å². The summed E-state index contributed by atoms with van der Waals surface area (Å²) in [5.41, 5.74) is 5.86. The van der Waals surface area contributed by atoms with Crippen LogP contribution in [0.1, 0.15) is 48.9 Å². The van der Waals surface area contributed by atoms with Crippen LogP contribution < -0.4 is 4.74 Å². The summed E-state index contributed by atoms with van der Waals surface area (Å²) in [7, 11) is 0. The summed E-state index contributed by atoms with van der Waals surface area (Å²) in [5, 5.41) is 0. The molecule has 1 heteroatoms. The van der Waals surface area contributed by atoms with Crippen LogP contribution >= 0.6 is 0 Å². The molecule has 0 heterocycles. The fourth-order valence-corrected chi connectivity index (χ4v) is 2.65. The van der Waals surface area contributed by atoms with Crippen molar-refractivity contribution in [3.8, 4) is 18.1 Å². The van der Waals surface area contributed by atoms with Crippen molar-refractivity contribution in [3.63, 3.8) is 0 Å². The zero-order valence-corrected chi connectivity index (χ0v) is 14.4. The number of rotatable bonds is 5. The Bertz CT molecular complexity index is 731. The zero-order valence-electron chi connectivity index (χ0n) is 14.4. The van der Waals surface area contributed by atoms with Crippen LogP contribution in [-0.4, -0.2) is 0 Å². The largest absolute Gasteiger partial charge is 0.489 e. The third kappa shape index (κ3) is 4.27. The quantitative estimate of drug-likeness (QED) is 0.641. The molecule has 0 aliphatic carbocycles. The lowest BCUT2D eigenvalue weighted by atomic mass is 9.93. The lowest BCUT2D eigenvalue weighted by Gasteiger charge is -2.18. The van der Waals surface area contributed by atoms with Crippen molar-refractivity contribution in [2.24, 2.45) is 0 Å². The van der Waals surface area contributed by atoms with Gasteiger partial charge in [0.1, 0.15) is 12.4 Å². The molecule has 2 aromatic rings. The van der Waals surface area contributed by atoms with E-state index in [4.69, 9.17) is 11.2 Å². The molecular formula is C22H24O. The third-order valence-electron chi connectivity index (χ3n) is 3.94. The maximum absolute atomic E-state index is 6.13. The Kier molecular flexibility index (Phi) is 5.66. The Labute approximate surface area is 140 Å². The molecule has 0 amide bonds. The van der Waals surface area contributed by atoms with Crippen LogP contribution in [0.3, 0.4) is 0 Å². The Morgan fingerprint density at radius 2 is 1.91 bits per heavy atom. The second-order valence-electron chi connectivity index (χ2n) is 6.13. The van der Waals surface area contributed by atoms with Gasteiger partial charge in [-0.3, -0.25) is 0 Å². The van der Waals surface area contributed by atoms with Crippen molar-refractivity contribution >= 4 is 5.57 Å². The van der Waals surface area contributed by atoms with Gasteiger partial charge < -0.3 is 4.74 Å². The predicted octanol–water partition coefficient (Wildman–Crippen LogP) is 5.73. The molecule has 0 spiro atoms. The maximum atomic E-state index is 6.13. The van der Waals surface area contributed by atoms with Crippen molar-refractivity contribution in [1.29, 1.82) is 0 Å². The van der Waals surface area contributed by atoms with Crippen LogP contribution in [0.25, 0.3) is 5.57 Å². The minimum atomic E-state index is 0.408. The third-order valence-corrected chi connectivity index (χ3v) is 3.94. The van der Waals surface area contributed by atoms with Gasteiger partial charge in [-0.05, 0) is 59.7 Å². The molecule has 0 saturated carbocycles. The van der Waals surface area contributed by atoms with E-state index in [-0.39, 0.29) is 0 Å². The molecule has 0 aromatic heterocycles. The molecule has 0 unspecified atom stereocenters. The molecule has 0 aliphatic rings. The fourth-order valence-electron chi connectivity index (χ4n) is 2.65. The minimum absolute atomic E-state index is 0.408. The summed E-state index contributed by atoms with van der Waals surface area (Å²) >= 11 is 0. The Morgan fingerprint density at radius 1 is 1.22 bits per heavy atom. The van der Waals surface area contributed by atoms with Crippen molar-refractivity contribution in [2.45, 2.75) is 40.2 Å². The van der Waals surface area contributed by atoms with Crippen LogP contribution in [0, 0.1) is 19.3 Å². The van der Waals surface area contributed by atoms with E-state index in [1.165, 1.54) is 16.7 Å². The molecule has 118 valence electrons. The van der Waals surface area contributed by atoms with Gasteiger partial charge in [-0.2, -0.15) is 0 Å². The van der Waals surface area contributed by atoms with Crippen molar-refractivity contribution in [3.05, 3.63) is 70.8 Å². The van der Waals surface area contributed by atoms with Gasteiger partial charge in [-0.1, -0.05) is 56.2 Å². The molecule has 1 nitrogen and oxygen atoms in total. The van der Waals surface area contributed by atoms with Crippen LogP contribution in [-0.2, 0) is 6.61 Å². The first-order chi connectivity index (χ1) is 11.0. The van der Waals surface area contributed by atoms with E-state index in [2.05, 4.69) is 51.0 Å². The highest BCUT2D eigenvalue weighted by molar-refractivity contribution is 5.70. The van der Waals surface area contributed by atoms with Crippen LogP contribution in [0.4, 0.5) is 0 Å². The number of benzene rings is 2. The van der Waals surface area contributed by atoms with E-state index < -0.39 is 0 Å². The van der Waals surface area contributed by atoms with E-state index >= 15 is 0 Å². The highest BCUT2D eigenvalue weighted by Gasteiger charge is 2.13. The maximum Gasteiger partial charge on any atom is 0.123 e. The van der Waals surface area contributed by atoms with Gasteiger partial charge in [0.2, 0.25) is 0 Å². The van der Waals surface area contributed by atoms with Gasteiger partial charge in [-0.15, -0.1) is 6.42 Å². The molecular weight excluding hydrogens is 280 g/mol. The van der Waals surface area contributed by atoms with Crippen LogP contribution in [0.15, 0.2) is 48.5 Å². The summed E-state index contributed by atoms with van der Waals surface area (Å²) in [6.45, 7) is 9.11. The SMILES string of the molecule is C#C/C=C(/C)c1cc(OCc2ccccc2)c(C(C)C)cc1C. The number of hydrogen-bond donors (Lipinski definition) is 0. The summed E-state index contributed by atoms with van der Waals surface area (Å²) < 4.78 is 6.13. The summed E-state index contributed by atoms with van der Waals surface area (Å²) in [4.78, 5) is 0. The highest BCUT2D eigenvalue weighted by atomic mass is 16.5. The zero-order chi connectivity index (χ0) is 16.8. The van der Waals surface area contributed by atoms with Gasteiger partial charge in [0.25, 0.3) is 0 Å². The molecule has 2 aromatic carbocycles. The normalized spacial score (nSPS) is 11.4. The van der Waals surface area contributed by atoms with Crippen molar-refractivity contribution in [1.82, 2.24) is 0 Å². The van der Waals surface area contributed by atoms with E-state index in [9.17, 15) is 0 Å². The average molecular weight is 304 g/mol. The highest BCUT2D eigenvalue weighted by Crippen LogP contribution is 2.33. The number of ether oxygens (including phenoxy) is 1. The molecule has 0 aliphatic heterocycles. The van der Waals surface area contributed by atoms with Gasteiger partial charge in [-0.25, -0.2) is 0 Å². The fraction of sp³-hybridized carbons (Fsp3) is 0.273. The van der Waals surface area contributed by atoms with Gasteiger partial charge >= 0.3 is 0 Å². The monoisotopic (exact) mass is 304 g/mol. The smallest absolute Gasteiger partial charge is 0.123 e. The van der Waals surface area contributed by atoms with Gasteiger partial charge in [0.05, 0.1) is 0 Å². The first-order valence-electron chi connectivity index (χ1n) is 7.97. The molecule has 0 N–H and O–H groups in total. The Hall–Kier alpha value is -2.46. The molecule has 0 bridgehead atoms. The number of terminal acetylenes is 1.